The van der Waals surface area contributed by atoms with Crippen molar-refractivity contribution in [2.24, 2.45) is 0 Å². The number of aromatic nitrogens is 2. The summed E-state index contributed by atoms with van der Waals surface area (Å²) in [7, 11) is 0. The SMILES string of the molecule is Cc1ncc(NO)n1CC(O)CCl. The molecule has 0 bridgehead atoms. The van der Waals surface area contributed by atoms with E-state index in [1.54, 1.807) is 11.5 Å². The number of anilines is 1. The molecule has 6 heteroatoms. The first kappa shape index (κ1) is 10.3. The number of hydrogen-bond acceptors (Lipinski definition) is 4. The molecule has 1 aromatic rings. The molecule has 13 heavy (non-hydrogen) atoms. The van der Waals surface area contributed by atoms with Gasteiger partial charge in [0.2, 0.25) is 0 Å². The number of aliphatic hydroxyl groups is 1. The van der Waals surface area contributed by atoms with E-state index in [1.807, 2.05) is 5.48 Å². The van der Waals surface area contributed by atoms with Gasteiger partial charge in [-0.3, -0.25) is 10.7 Å². The van der Waals surface area contributed by atoms with Gasteiger partial charge < -0.3 is 9.67 Å². The van der Waals surface area contributed by atoms with Crippen LogP contribution >= 0.6 is 11.6 Å². The summed E-state index contributed by atoms with van der Waals surface area (Å²) in [6.45, 7) is 2.10. The number of imidazole rings is 1. The minimum atomic E-state index is -0.637. The lowest BCUT2D eigenvalue weighted by molar-refractivity contribution is 0.175. The van der Waals surface area contributed by atoms with Gasteiger partial charge in [0.15, 0.2) is 0 Å². The highest BCUT2D eigenvalue weighted by molar-refractivity contribution is 6.18. The lowest BCUT2D eigenvalue weighted by Crippen LogP contribution is -2.19. The molecule has 1 atom stereocenters. The molecule has 1 rings (SSSR count). The Morgan fingerprint density at radius 1 is 1.77 bits per heavy atom. The van der Waals surface area contributed by atoms with Crippen molar-refractivity contribution in [2.45, 2.75) is 19.6 Å². The normalized spacial score (nSPS) is 12.9. The Kier molecular flexibility index (Phi) is 3.53. The van der Waals surface area contributed by atoms with Crippen molar-refractivity contribution in [3.05, 3.63) is 12.0 Å². The molecule has 0 aliphatic rings. The van der Waals surface area contributed by atoms with Crippen molar-refractivity contribution in [3.8, 4) is 0 Å². The average Bonchev–Trinajstić information content (AvgIpc) is 2.48. The molecule has 0 saturated heterocycles. The molecule has 0 amide bonds. The van der Waals surface area contributed by atoms with Gasteiger partial charge in [-0.1, -0.05) is 0 Å². The third kappa shape index (κ3) is 2.33. The van der Waals surface area contributed by atoms with Crippen LogP contribution in [0.1, 0.15) is 5.82 Å². The van der Waals surface area contributed by atoms with Crippen LogP contribution < -0.4 is 5.48 Å². The number of rotatable bonds is 4. The number of aliphatic hydroxyl groups excluding tert-OH is 1. The van der Waals surface area contributed by atoms with Gasteiger partial charge in [0.1, 0.15) is 11.6 Å². The van der Waals surface area contributed by atoms with Gasteiger partial charge in [-0.05, 0) is 6.92 Å². The fourth-order valence-electron chi connectivity index (χ4n) is 1.05. The van der Waals surface area contributed by atoms with E-state index in [4.69, 9.17) is 16.8 Å². The van der Waals surface area contributed by atoms with Crippen molar-refractivity contribution in [1.29, 1.82) is 0 Å². The van der Waals surface area contributed by atoms with E-state index in [-0.39, 0.29) is 5.88 Å². The van der Waals surface area contributed by atoms with E-state index in [0.717, 1.165) is 0 Å². The molecule has 0 aliphatic carbocycles. The molecule has 0 fully saturated rings. The summed E-state index contributed by atoms with van der Waals surface area (Å²) in [4.78, 5) is 3.96. The fourth-order valence-corrected chi connectivity index (χ4v) is 1.15. The standard InChI is InChI=1S/C7H12ClN3O2/c1-5-9-3-7(10-13)11(5)4-6(12)2-8/h3,6,10,12-13H,2,4H2,1H3. The molecular weight excluding hydrogens is 194 g/mol. The predicted molar refractivity (Wildman–Crippen MR) is 49.1 cm³/mol. The highest BCUT2D eigenvalue weighted by Crippen LogP contribution is 2.10. The summed E-state index contributed by atoms with van der Waals surface area (Å²) < 4.78 is 1.65. The maximum absolute atomic E-state index is 9.28. The predicted octanol–water partition coefficient (Wildman–Crippen LogP) is 0.592. The third-order valence-electron chi connectivity index (χ3n) is 1.74. The van der Waals surface area contributed by atoms with Crippen LogP contribution in [0.4, 0.5) is 5.82 Å². The topological polar surface area (TPSA) is 70.3 Å². The second-order valence-corrected chi connectivity index (χ2v) is 3.03. The zero-order chi connectivity index (χ0) is 9.84. The zero-order valence-corrected chi connectivity index (χ0v) is 7.99. The third-order valence-corrected chi connectivity index (χ3v) is 2.10. The summed E-state index contributed by atoms with van der Waals surface area (Å²) in [6, 6.07) is 0. The minimum absolute atomic E-state index is 0.155. The molecule has 1 heterocycles. The Morgan fingerprint density at radius 3 is 3.00 bits per heavy atom. The van der Waals surface area contributed by atoms with Crippen molar-refractivity contribution in [1.82, 2.24) is 9.55 Å². The van der Waals surface area contributed by atoms with Crippen molar-refractivity contribution in [2.75, 3.05) is 11.4 Å². The molecule has 0 spiro atoms. The fraction of sp³-hybridized carbons (Fsp3) is 0.571. The Labute approximate surface area is 80.9 Å². The molecule has 74 valence electrons. The first-order valence-corrected chi connectivity index (χ1v) is 4.38. The summed E-state index contributed by atoms with van der Waals surface area (Å²) in [5, 5.41) is 18.0. The summed E-state index contributed by atoms with van der Waals surface area (Å²) in [5.41, 5.74) is 1.99. The largest absolute Gasteiger partial charge is 0.390 e. The summed E-state index contributed by atoms with van der Waals surface area (Å²) in [6.07, 6.45) is 0.845. The monoisotopic (exact) mass is 205 g/mol. The molecule has 0 aliphatic heterocycles. The zero-order valence-electron chi connectivity index (χ0n) is 7.24. The van der Waals surface area contributed by atoms with Gasteiger partial charge in [0.05, 0.1) is 24.7 Å². The van der Waals surface area contributed by atoms with E-state index >= 15 is 0 Å². The molecule has 3 N–H and O–H groups in total. The van der Waals surface area contributed by atoms with E-state index in [1.165, 1.54) is 6.20 Å². The number of nitrogens with zero attached hydrogens (tertiary/aromatic N) is 2. The van der Waals surface area contributed by atoms with Crippen molar-refractivity contribution in [3.63, 3.8) is 0 Å². The number of hydrogen-bond donors (Lipinski definition) is 3. The molecular formula is C7H12ClN3O2. The van der Waals surface area contributed by atoms with Crippen molar-refractivity contribution >= 4 is 17.4 Å². The molecule has 0 aromatic carbocycles. The number of alkyl halides is 1. The smallest absolute Gasteiger partial charge is 0.150 e. The van der Waals surface area contributed by atoms with Crippen molar-refractivity contribution < 1.29 is 10.3 Å². The maximum Gasteiger partial charge on any atom is 0.150 e. The Balaban J connectivity index is 2.79. The highest BCUT2D eigenvalue weighted by atomic mass is 35.5. The van der Waals surface area contributed by atoms with Gasteiger partial charge in [0.25, 0.3) is 0 Å². The first-order chi connectivity index (χ1) is 6.19. The van der Waals surface area contributed by atoms with Crippen LogP contribution in [0.25, 0.3) is 0 Å². The van der Waals surface area contributed by atoms with Gasteiger partial charge in [-0.2, -0.15) is 0 Å². The van der Waals surface area contributed by atoms with Crippen LogP contribution in [0.2, 0.25) is 0 Å². The van der Waals surface area contributed by atoms with Gasteiger partial charge >= 0.3 is 0 Å². The average molecular weight is 206 g/mol. The van der Waals surface area contributed by atoms with E-state index in [2.05, 4.69) is 4.98 Å². The second kappa shape index (κ2) is 4.45. The van der Waals surface area contributed by atoms with Crippen LogP contribution in [0.5, 0.6) is 0 Å². The molecule has 1 unspecified atom stereocenters. The highest BCUT2D eigenvalue weighted by Gasteiger charge is 2.09. The number of aryl methyl sites for hydroxylation is 1. The number of nitrogens with one attached hydrogen (secondary N) is 1. The van der Waals surface area contributed by atoms with Gasteiger partial charge in [-0.25, -0.2) is 4.98 Å². The first-order valence-electron chi connectivity index (χ1n) is 3.85. The van der Waals surface area contributed by atoms with Crippen LogP contribution in [0, 0.1) is 6.92 Å². The van der Waals surface area contributed by atoms with E-state index < -0.39 is 6.10 Å². The molecule has 0 saturated carbocycles. The van der Waals surface area contributed by atoms with Crippen LogP contribution in [-0.4, -0.2) is 31.8 Å². The van der Waals surface area contributed by atoms with E-state index in [9.17, 15) is 5.11 Å². The summed E-state index contributed by atoms with van der Waals surface area (Å²) >= 11 is 5.45. The Morgan fingerprint density at radius 2 is 2.46 bits per heavy atom. The van der Waals surface area contributed by atoms with Crippen LogP contribution in [0.3, 0.4) is 0 Å². The molecule has 1 aromatic heterocycles. The molecule has 5 nitrogen and oxygen atoms in total. The van der Waals surface area contributed by atoms with Crippen LogP contribution in [0.15, 0.2) is 6.20 Å². The second-order valence-electron chi connectivity index (χ2n) is 2.72. The quantitative estimate of drug-likeness (QED) is 0.497. The summed E-state index contributed by atoms with van der Waals surface area (Å²) in [5.74, 6) is 1.31. The maximum atomic E-state index is 9.28. The molecule has 0 radical (unpaired) electrons. The van der Waals surface area contributed by atoms with E-state index in [0.29, 0.717) is 18.2 Å². The minimum Gasteiger partial charge on any atom is -0.390 e. The lowest BCUT2D eigenvalue weighted by Gasteiger charge is -2.11. The Bertz CT molecular complexity index is 277. The van der Waals surface area contributed by atoms with Gasteiger partial charge in [0, 0.05) is 0 Å². The Hall–Kier alpha value is -0.780. The van der Waals surface area contributed by atoms with Crippen LogP contribution in [-0.2, 0) is 6.54 Å². The number of halogens is 1. The lowest BCUT2D eigenvalue weighted by atomic mass is 10.4. The van der Waals surface area contributed by atoms with Gasteiger partial charge in [-0.15, -0.1) is 11.6 Å².